The summed E-state index contributed by atoms with van der Waals surface area (Å²) in [5, 5.41) is 10.4. The molecule has 0 aliphatic heterocycles. The number of anilines is 3. The largest absolute Gasteiger partial charge is 0.310 e. The first-order valence-corrected chi connectivity index (χ1v) is 18.2. The number of aromatic nitrogens is 1. The van der Waals surface area contributed by atoms with E-state index in [1.165, 1.54) is 98.9 Å². The Kier molecular flexibility index (Phi) is 6.78. The molecule has 0 unspecified atom stereocenters. The van der Waals surface area contributed by atoms with E-state index in [2.05, 4.69) is 195 Å². The van der Waals surface area contributed by atoms with Gasteiger partial charge in [-0.05, 0) is 137 Å². The lowest BCUT2D eigenvalue weighted by molar-refractivity contribution is 1.17. The molecule has 10 rings (SSSR count). The molecule has 2 nitrogen and oxygen atoms in total. The van der Waals surface area contributed by atoms with Gasteiger partial charge in [-0.25, -0.2) is 0 Å². The maximum atomic E-state index is 2.46. The smallest absolute Gasteiger partial charge is 0.0620 e. The molecule has 9 aromatic carbocycles. The van der Waals surface area contributed by atoms with Crippen LogP contribution >= 0.6 is 0 Å². The SMILES string of the molecule is Cc1c(C)c(N(c2ccccc2)c2ccccc2)c(C)c(C)c1-c1ccc2ccc3c4c(ccc1c24)cc1c2ccccc2n(-c2ccccc2)c13. The second-order valence-corrected chi connectivity index (χ2v) is 14.2. The van der Waals surface area contributed by atoms with Crippen LogP contribution in [0.5, 0.6) is 0 Å². The summed E-state index contributed by atoms with van der Waals surface area (Å²) in [5.41, 5.74) is 15.1. The van der Waals surface area contributed by atoms with E-state index in [9.17, 15) is 0 Å². The maximum Gasteiger partial charge on any atom is 0.0620 e. The zero-order valence-electron chi connectivity index (χ0n) is 29.9. The number of para-hydroxylation sites is 4. The average molecular weight is 667 g/mol. The van der Waals surface area contributed by atoms with Gasteiger partial charge in [0.1, 0.15) is 0 Å². The van der Waals surface area contributed by atoms with Crippen molar-refractivity contribution in [1.82, 2.24) is 4.57 Å². The first kappa shape index (κ1) is 30.4. The molecule has 0 atom stereocenters. The van der Waals surface area contributed by atoms with Crippen molar-refractivity contribution in [1.29, 1.82) is 0 Å². The lowest BCUT2D eigenvalue weighted by Crippen LogP contribution is -2.15. The Balaban J connectivity index is 1.26. The second-order valence-electron chi connectivity index (χ2n) is 14.2. The van der Waals surface area contributed by atoms with Crippen LogP contribution in [0, 0.1) is 27.7 Å². The lowest BCUT2D eigenvalue weighted by atomic mass is 9.83. The molecule has 0 aliphatic carbocycles. The molecule has 0 fully saturated rings. The van der Waals surface area contributed by atoms with Crippen LogP contribution in [0.15, 0.2) is 158 Å². The summed E-state index contributed by atoms with van der Waals surface area (Å²) in [7, 11) is 0. The van der Waals surface area contributed by atoms with Crippen LogP contribution in [0.25, 0.3) is 70.9 Å². The lowest BCUT2D eigenvalue weighted by Gasteiger charge is -2.32. The van der Waals surface area contributed by atoms with E-state index in [1.807, 2.05) is 0 Å². The van der Waals surface area contributed by atoms with Gasteiger partial charge in [0.2, 0.25) is 0 Å². The first-order valence-electron chi connectivity index (χ1n) is 18.2. The molecule has 0 bridgehead atoms. The van der Waals surface area contributed by atoms with Crippen LogP contribution < -0.4 is 4.90 Å². The zero-order chi connectivity index (χ0) is 35.1. The monoisotopic (exact) mass is 666 g/mol. The maximum absolute atomic E-state index is 2.46. The van der Waals surface area contributed by atoms with Gasteiger partial charge in [-0.15, -0.1) is 0 Å². The van der Waals surface area contributed by atoms with Gasteiger partial charge in [0.05, 0.1) is 16.7 Å². The van der Waals surface area contributed by atoms with Gasteiger partial charge in [-0.3, -0.25) is 0 Å². The molecular weight excluding hydrogens is 629 g/mol. The van der Waals surface area contributed by atoms with Crippen molar-refractivity contribution in [3.8, 4) is 16.8 Å². The van der Waals surface area contributed by atoms with Crippen molar-refractivity contribution in [2.45, 2.75) is 27.7 Å². The molecule has 1 aromatic heterocycles. The summed E-state index contributed by atoms with van der Waals surface area (Å²) in [6.07, 6.45) is 0. The summed E-state index contributed by atoms with van der Waals surface area (Å²) in [6.45, 7) is 9.23. The fourth-order valence-corrected chi connectivity index (χ4v) is 8.98. The Morgan fingerprint density at radius 1 is 0.423 bits per heavy atom. The number of fused-ring (bicyclic) bond motifs is 4. The van der Waals surface area contributed by atoms with Gasteiger partial charge in [0.15, 0.2) is 0 Å². The van der Waals surface area contributed by atoms with Crippen LogP contribution in [0.3, 0.4) is 0 Å². The van der Waals surface area contributed by atoms with Crippen LogP contribution in [0.1, 0.15) is 22.3 Å². The fourth-order valence-electron chi connectivity index (χ4n) is 8.98. The summed E-state index contributed by atoms with van der Waals surface area (Å²) in [4.78, 5) is 2.43. The molecule has 0 saturated carbocycles. The standard InChI is InChI=1S/C50H38N2/c1-31-33(3)49(51(37-16-8-5-9-17-37)38-18-10-6-11-19-38)34(4)32(2)46(31)41-27-24-35-25-29-43-48-36(26-28-42(41)47(35)48)30-44-40-22-14-15-23-45(40)52(50(43)44)39-20-12-7-13-21-39/h5-30H,1-4H3. The molecule has 2 heteroatoms. The summed E-state index contributed by atoms with van der Waals surface area (Å²) < 4.78 is 2.46. The van der Waals surface area contributed by atoms with Crippen molar-refractivity contribution in [2.75, 3.05) is 4.90 Å². The fraction of sp³-hybridized carbons (Fsp3) is 0.0800. The summed E-state index contributed by atoms with van der Waals surface area (Å²) >= 11 is 0. The molecule has 0 radical (unpaired) electrons. The third kappa shape index (κ3) is 4.31. The van der Waals surface area contributed by atoms with Gasteiger partial charge in [0, 0.05) is 33.2 Å². The summed E-state index contributed by atoms with van der Waals surface area (Å²) in [6, 6.07) is 57.7. The first-order chi connectivity index (χ1) is 25.5. The number of nitrogens with zero attached hydrogens (tertiary/aromatic N) is 2. The van der Waals surface area contributed by atoms with Gasteiger partial charge < -0.3 is 9.47 Å². The van der Waals surface area contributed by atoms with Gasteiger partial charge >= 0.3 is 0 Å². The minimum atomic E-state index is 1.16. The van der Waals surface area contributed by atoms with Crippen molar-refractivity contribution in [3.05, 3.63) is 180 Å². The van der Waals surface area contributed by atoms with E-state index in [4.69, 9.17) is 0 Å². The second kappa shape index (κ2) is 11.6. The van der Waals surface area contributed by atoms with Crippen LogP contribution in [0.2, 0.25) is 0 Å². The molecule has 0 spiro atoms. The number of benzene rings is 9. The highest BCUT2D eigenvalue weighted by atomic mass is 15.1. The molecule has 52 heavy (non-hydrogen) atoms. The van der Waals surface area contributed by atoms with E-state index in [0.717, 1.165) is 11.4 Å². The van der Waals surface area contributed by atoms with Gasteiger partial charge in [-0.1, -0.05) is 109 Å². The Hall–Kier alpha value is -6.38. The zero-order valence-corrected chi connectivity index (χ0v) is 29.9. The predicted octanol–water partition coefficient (Wildman–Crippen LogP) is 14.1. The molecule has 1 heterocycles. The molecule has 248 valence electrons. The normalized spacial score (nSPS) is 11.8. The van der Waals surface area contributed by atoms with Gasteiger partial charge in [-0.2, -0.15) is 0 Å². The molecule has 0 amide bonds. The van der Waals surface area contributed by atoms with Gasteiger partial charge in [0.25, 0.3) is 0 Å². The van der Waals surface area contributed by atoms with E-state index >= 15 is 0 Å². The van der Waals surface area contributed by atoms with Crippen molar-refractivity contribution >= 4 is 71.2 Å². The van der Waals surface area contributed by atoms with Crippen LogP contribution in [-0.2, 0) is 0 Å². The van der Waals surface area contributed by atoms with E-state index < -0.39 is 0 Å². The third-order valence-electron chi connectivity index (χ3n) is 11.5. The quantitative estimate of drug-likeness (QED) is 0.166. The van der Waals surface area contributed by atoms with E-state index in [-0.39, 0.29) is 0 Å². The highest BCUT2D eigenvalue weighted by molar-refractivity contribution is 6.32. The van der Waals surface area contributed by atoms with Crippen LogP contribution in [-0.4, -0.2) is 4.57 Å². The van der Waals surface area contributed by atoms with Crippen molar-refractivity contribution < 1.29 is 0 Å². The minimum absolute atomic E-state index is 1.16. The highest BCUT2D eigenvalue weighted by Crippen LogP contribution is 2.48. The Bertz CT molecular complexity index is 2900. The van der Waals surface area contributed by atoms with E-state index in [0.29, 0.717) is 0 Å². The average Bonchev–Trinajstić information content (AvgIpc) is 3.53. The molecule has 0 N–H and O–H groups in total. The van der Waals surface area contributed by atoms with Crippen molar-refractivity contribution in [2.24, 2.45) is 0 Å². The summed E-state index contributed by atoms with van der Waals surface area (Å²) in [5.74, 6) is 0. The molecule has 10 aromatic rings. The Morgan fingerprint density at radius 2 is 0.962 bits per heavy atom. The molecule has 0 aliphatic rings. The van der Waals surface area contributed by atoms with Crippen molar-refractivity contribution in [3.63, 3.8) is 0 Å². The number of hydrogen-bond donors (Lipinski definition) is 0. The van der Waals surface area contributed by atoms with Crippen LogP contribution in [0.4, 0.5) is 17.1 Å². The number of rotatable bonds is 5. The highest BCUT2D eigenvalue weighted by Gasteiger charge is 2.25. The molecule has 0 saturated heterocycles. The third-order valence-corrected chi connectivity index (χ3v) is 11.5. The van der Waals surface area contributed by atoms with E-state index in [1.54, 1.807) is 0 Å². The molecular formula is C50H38N2. The number of hydrogen-bond acceptors (Lipinski definition) is 1. The topological polar surface area (TPSA) is 8.17 Å². The minimum Gasteiger partial charge on any atom is -0.310 e. The predicted molar refractivity (Wildman–Crippen MR) is 224 cm³/mol. The Labute approximate surface area is 304 Å². The Morgan fingerprint density at radius 3 is 1.63 bits per heavy atom.